The summed E-state index contributed by atoms with van der Waals surface area (Å²) in [5.41, 5.74) is 1.03. The number of likely N-dealkylation sites (tertiary alicyclic amines) is 1. The topological polar surface area (TPSA) is 94.3 Å². The van der Waals surface area contributed by atoms with Crippen LogP contribution in [0, 0.1) is 29.9 Å². The van der Waals surface area contributed by atoms with Crippen molar-refractivity contribution >= 4 is 27.4 Å². The van der Waals surface area contributed by atoms with Gasteiger partial charge in [0.15, 0.2) is 0 Å². The van der Waals surface area contributed by atoms with E-state index in [9.17, 15) is 10.1 Å². The number of piperidine rings is 1. The number of aryl methyl sites for hydroxylation is 2. The fourth-order valence-corrected chi connectivity index (χ4v) is 4.56. The number of hydrogen-bond donors (Lipinski definition) is 0. The molecule has 0 bridgehead atoms. The van der Waals surface area contributed by atoms with Crippen LogP contribution in [0.3, 0.4) is 0 Å². The van der Waals surface area contributed by atoms with E-state index in [1.165, 1.54) is 19.0 Å². The summed E-state index contributed by atoms with van der Waals surface area (Å²) in [5, 5.41) is 12.1. The van der Waals surface area contributed by atoms with Gasteiger partial charge in [-0.3, -0.25) is 4.90 Å². The smallest absolute Gasteiger partial charge is 0.406 e. The van der Waals surface area contributed by atoms with Gasteiger partial charge in [-0.25, -0.2) is 4.98 Å². The number of nitro groups is 1. The van der Waals surface area contributed by atoms with E-state index in [0.717, 1.165) is 39.7 Å². The van der Waals surface area contributed by atoms with Gasteiger partial charge >= 0.3 is 5.82 Å². The molecule has 29 heavy (non-hydrogen) atoms. The van der Waals surface area contributed by atoms with Gasteiger partial charge in [-0.1, -0.05) is 6.92 Å². The first kappa shape index (κ1) is 19.7. The van der Waals surface area contributed by atoms with Crippen LogP contribution in [-0.2, 0) is 6.54 Å². The Morgan fingerprint density at radius 1 is 1.31 bits per heavy atom. The molecule has 3 aromatic heterocycles. The quantitative estimate of drug-likeness (QED) is 0.444. The fourth-order valence-electron chi connectivity index (χ4n) is 3.52. The molecule has 0 aliphatic carbocycles. The first-order valence-corrected chi connectivity index (χ1v) is 10.5. The summed E-state index contributed by atoms with van der Waals surface area (Å²) in [6.07, 6.45) is 3.72. The number of rotatable bonds is 5. The van der Waals surface area contributed by atoms with Crippen molar-refractivity contribution in [3.8, 4) is 11.6 Å². The van der Waals surface area contributed by atoms with Crippen LogP contribution in [0.4, 0.5) is 5.82 Å². The molecule has 1 saturated heterocycles. The number of thiophene rings is 1. The van der Waals surface area contributed by atoms with Gasteiger partial charge in [0.1, 0.15) is 16.9 Å². The van der Waals surface area contributed by atoms with Crippen LogP contribution in [0.1, 0.15) is 36.0 Å². The number of hydrogen-bond acceptors (Lipinski definition) is 8. The molecule has 0 atom stereocenters. The van der Waals surface area contributed by atoms with Gasteiger partial charge in [0, 0.05) is 4.88 Å². The molecular formula is C20H23N5O3S. The third-order valence-corrected chi connectivity index (χ3v) is 6.51. The molecule has 3 aromatic rings. The Morgan fingerprint density at radius 3 is 2.79 bits per heavy atom. The van der Waals surface area contributed by atoms with Crippen molar-refractivity contribution < 1.29 is 9.66 Å². The van der Waals surface area contributed by atoms with Gasteiger partial charge in [-0.15, -0.1) is 11.3 Å². The maximum absolute atomic E-state index is 11.3. The second-order valence-electron chi connectivity index (χ2n) is 7.55. The molecule has 0 amide bonds. The number of nitrogens with zero attached hydrogens (tertiary/aromatic N) is 5. The SMILES string of the molecule is Cc1sc2nc(CN3CCC(C)CC3)nc(Oc3cccnc3[N+](=O)[O-])c2c1C. The lowest BCUT2D eigenvalue weighted by molar-refractivity contribution is -0.390. The van der Waals surface area contributed by atoms with E-state index in [4.69, 9.17) is 9.72 Å². The molecule has 0 aromatic carbocycles. The maximum Gasteiger partial charge on any atom is 0.406 e. The zero-order valence-corrected chi connectivity index (χ0v) is 17.5. The molecular weight excluding hydrogens is 390 g/mol. The lowest BCUT2D eigenvalue weighted by Gasteiger charge is -2.29. The summed E-state index contributed by atoms with van der Waals surface area (Å²) in [6, 6.07) is 3.15. The van der Waals surface area contributed by atoms with Crippen LogP contribution in [0.2, 0.25) is 0 Å². The largest absolute Gasteiger partial charge is 0.429 e. The molecule has 1 fully saturated rings. The zero-order valence-electron chi connectivity index (χ0n) is 16.7. The van der Waals surface area contributed by atoms with Crippen molar-refractivity contribution in [1.29, 1.82) is 0 Å². The summed E-state index contributed by atoms with van der Waals surface area (Å²) < 4.78 is 5.96. The van der Waals surface area contributed by atoms with E-state index in [2.05, 4.69) is 21.8 Å². The zero-order chi connectivity index (χ0) is 20.5. The molecule has 4 heterocycles. The Hall–Kier alpha value is -2.65. The molecule has 8 nitrogen and oxygen atoms in total. The summed E-state index contributed by atoms with van der Waals surface area (Å²) >= 11 is 1.59. The van der Waals surface area contributed by atoms with Gasteiger partial charge in [0.25, 0.3) is 0 Å². The first-order valence-electron chi connectivity index (χ1n) is 9.68. The van der Waals surface area contributed by atoms with Crippen molar-refractivity contribution in [3.05, 3.63) is 44.7 Å². The van der Waals surface area contributed by atoms with Gasteiger partial charge in [-0.2, -0.15) is 4.98 Å². The summed E-state index contributed by atoms with van der Waals surface area (Å²) in [6.45, 7) is 9.00. The molecule has 0 spiro atoms. The highest BCUT2D eigenvalue weighted by Crippen LogP contribution is 2.38. The second-order valence-corrected chi connectivity index (χ2v) is 8.75. The summed E-state index contributed by atoms with van der Waals surface area (Å²) in [5.74, 6) is 1.54. The van der Waals surface area contributed by atoms with Crippen LogP contribution in [-0.4, -0.2) is 37.9 Å². The van der Waals surface area contributed by atoms with E-state index >= 15 is 0 Å². The maximum atomic E-state index is 11.3. The van der Waals surface area contributed by atoms with E-state index in [1.807, 2.05) is 13.8 Å². The number of aromatic nitrogens is 3. The summed E-state index contributed by atoms with van der Waals surface area (Å²) in [7, 11) is 0. The highest BCUT2D eigenvalue weighted by molar-refractivity contribution is 7.18. The molecule has 152 valence electrons. The minimum atomic E-state index is -0.546. The Morgan fingerprint density at radius 2 is 2.07 bits per heavy atom. The molecule has 4 rings (SSSR count). The number of fused-ring (bicyclic) bond motifs is 1. The van der Waals surface area contributed by atoms with Crippen molar-refractivity contribution in [2.24, 2.45) is 5.92 Å². The molecule has 0 N–H and O–H groups in total. The Bertz CT molecular complexity index is 1060. The van der Waals surface area contributed by atoms with E-state index in [-0.39, 0.29) is 11.6 Å². The Balaban J connectivity index is 1.73. The van der Waals surface area contributed by atoms with E-state index in [0.29, 0.717) is 18.2 Å². The van der Waals surface area contributed by atoms with Crippen molar-refractivity contribution in [2.45, 2.75) is 40.2 Å². The van der Waals surface area contributed by atoms with Gasteiger partial charge in [0.05, 0.1) is 11.9 Å². The van der Waals surface area contributed by atoms with Crippen molar-refractivity contribution in [1.82, 2.24) is 19.9 Å². The molecule has 0 unspecified atom stereocenters. The predicted molar refractivity (Wildman–Crippen MR) is 112 cm³/mol. The number of pyridine rings is 1. The Labute approximate surface area is 172 Å². The van der Waals surface area contributed by atoms with E-state index < -0.39 is 4.92 Å². The first-order chi connectivity index (χ1) is 13.9. The fraction of sp³-hybridized carbons (Fsp3) is 0.450. The third kappa shape index (κ3) is 4.06. The highest BCUT2D eigenvalue weighted by Gasteiger charge is 2.23. The van der Waals surface area contributed by atoms with Crippen LogP contribution in [0.25, 0.3) is 10.2 Å². The molecule has 0 radical (unpaired) electrons. The van der Waals surface area contributed by atoms with Crippen LogP contribution in [0.5, 0.6) is 11.6 Å². The van der Waals surface area contributed by atoms with Crippen molar-refractivity contribution in [3.63, 3.8) is 0 Å². The normalized spacial score (nSPS) is 15.7. The monoisotopic (exact) mass is 413 g/mol. The van der Waals surface area contributed by atoms with Gasteiger partial charge in [-0.05, 0) is 73.3 Å². The third-order valence-electron chi connectivity index (χ3n) is 5.41. The van der Waals surface area contributed by atoms with Crippen LogP contribution >= 0.6 is 11.3 Å². The predicted octanol–water partition coefficient (Wildman–Crippen LogP) is 4.64. The minimum absolute atomic E-state index is 0.0819. The second kappa shape index (κ2) is 8.00. The molecule has 1 aliphatic heterocycles. The molecule has 0 saturated carbocycles. The lowest BCUT2D eigenvalue weighted by atomic mass is 9.99. The van der Waals surface area contributed by atoms with Gasteiger partial charge < -0.3 is 14.9 Å². The van der Waals surface area contributed by atoms with Crippen molar-refractivity contribution in [2.75, 3.05) is 13.1 Å². The average molecular weight is 414 g/mol. The lowest BCUT2D eigenvalue weighted by Crippen LogP contribution is -2.32. The van der Waals surface area contributed by atoms with Gasteiger partial charge in [0.2, 0.25) is 11.6 Å². The highest BCUT2D eigenvalue weighted by atomic mass is 32.1. The number of ether oxygens (including phenoxy) is 1. The van der Waals surface area contributed by atoms with Crippen LogP contribution < -0.4 is 4.74 Å². The van der Waals surface area contributed by atoms with Crippen LogP contribution in [0.15, 0.2) is 18.3 Å². The molecule has 1 aliphatic rings. The Kier molecular flexibility index (Phi) is 5.42. The van der Waals surface area contributed by atoms with E-state index in [1.54, 1.807) is 23.5 Å². The molecule has 9 heteroatoms. The summed E-state index contributed by atoms with van der Waals surface area (Å²) in [4.78, 5) is 28.4. The standard InChI is InChI=1S/C20H23N5O3S/c1-12-6-9-24(10-7-12)11-16-22-19(17-13(2)14(3)29-20(17)23-16)28-15-5-4-8-21-18(15)25(26)27/h4-5,8,12H,6-7,9-11H2,1-3H3. The average Bonchev–Trinajstić information content (AvgIpc) is 2.98. The minimum Gasteiger partial charge on any atom is -0.429 e.